The maximum atomic E-state index is 12.6. The van der Waals surface area contributed by atoms with Crippen LogP contribution in [0.15, 0.2) is 46.9 Å². The van der Waals surface area contributed by atoms with Crippen LogP contribution in [0, 0.1) is 13.8 Å². The van der Waals surface area contributed by atoms with E-state index in [4.69, 9.17) is 0 Å². The van der Waals surface area contributed by atoms with E-state index in [1.54, 1.807) is 18.2 Å². The van der Waals surface area contributed by atoms with Gasteiger partial charge in [0.25, 0.3) is 0 Å². The molecule has 1 atom stereocenters. The number of nitrogens with one attached hydrogen (secondary N) is 1. The number of aryl methyl sites for hydroxylation is 2. The summed E-state index contributed by atoms with van der Waals surface area (Å²) in [6.07, 6.45) is 1.82. The number of nitrogens with zero attached hydrogens (tertiary/aromatic N) is 1. The van der Waals surface area contributed by atoms with Gasteiger partial charge in [-0.05, 0) is 49.6 Å². The molecule has 2 aromatic carbocycles. The van der Waals surface area contributed by atoms with Crippen molar-refractivity contribution in [2.45, 2.75) is 33.2 Å². The Morgan fingerprint density at radius 1 is 1.15 bits per heavy atom. The van der Waals surface area contributed by atoms with E-state index in [2.05, 4.69) is 21.2 Å². The zero-order valence-electron chi connectivity index (χ0n) is 16.0. The van der Waals surface area contributed by atoms with Crippen LogP contribution in [0.25, 0.3) is 0 Å². The normalized spacial score (nSPS) is 12.5. The van der Waals surface area contributed by atoms with Crippen molar-refractivity contribution in [3.05, 3.63) is 63.6 Å². The van der Waals surface area contributed by atoms with Crippen molar-refractivity contribution in [1.82, 2.24) is 5.32 Å². The summed E-state index contributed by atoms with van der Waals surface area (Å²) in [7, 11) is -3.60. The number of carbonyl (C=O) groups is 1. The summed E-state index contributed by atoms with van der Waals surface area (Å²) in [5.41, 5.74) is 3.51. The predicted molar refractivity (Wildman–Crippen MR) is 113 cm³/mol. The molecule has 0 aliphatic rings. The Hall–Kier alpha value is -1.86. The van der Waals surface area contributed by atoms with Gasteiger partial charge in [-0.1, -0.05) is 52.7 Å². The van der Waals surface area contributed by atoms with Gasteiger partial charge < -0.3 is 5.32 Å². The molecular weight excluding hydrogens is 428 g/mol. The van der Waals surface area contributed by atoms with Crippen LogP contribution >= 0.6 is 15.9 Å². The maximum Gasteiger partial charge on any atom is 0.241 e. The number of rotatable bonds is 7. The van der Waals surface area contributed by atoms with Crippen molar-refractivity contribution in [1.29, 1.82) is 0 Å². The summed E-state index contributed by atoms with van der Waals surface area (Å²) in [5, 5.41) is 2.95. The summed E-state index contributed by atoms with van der Waals surface area (Å²) in [5.74, 6) is -0.339. The minimum atomic E-state index is -3.60. The average molecular weight is 453 g/mol. The van der Waals surface area contributed by atoms with Gasteiger partial charge in [-0.25, -0.2) is 8.42 Å². The van der Waals surface area contributed by atoms with E-state index in [-0.39, 0.29) is 18.5 Å². The van der Waals surface area contributed by atoms with Crippen LogP contribution in [0.2, 0.25) is 0 Å². The highest BCUT2D eigenvalue weighted by atomic mass is 79.9. The van der Waals surface area contributed by atoms with Gasteiger partial charge in [-0.3, -0.25) is 9.10 Å². The fourth-order valence-corrected chi connectivity index (χ4v) is 3.87. The molecule has 27 heavy (non-hydrogen) atoms. The van der Waals surface area contributed by atoms with Gasteiger partial charge >= 0.3 is 0 Å². The molecule has 2 rings (SSSR count). The fraction of sp³-hybridized carbons (Fsp3) is 0.350. The van der Waals surface area contributed by atoms with Gasteiger partial charge in [0.15, 0.2) is 0 Å². The van der Waals surface area contributed by atoms with Gasteiger partial charge in [0.05, 0.1) is 18.0 Å². The molecule has 0 aliphatic carbocycles. The quantitative estimate of drug-likeness (QED) is 0.687. The topological polar surface area (TPSA) is 66.5 Å². The molecule has 0 unspecified atom stereocenters. The summed E-state index contributed by atoms with van der Waals surface area (Å²) >= 11 is 3.41. The van der Waals surface area contributed by atoms with E-state index >= 15 is 0 Å². The minimum absolute atomic E-state index is 0.161. The number of carbonyl (C=O) groups excluding carboxylic acids is 1. The second kappa shape index (κ2) is 8.89. The largest absolute Gasteiger partial charge is 0.348 e. The van der Waals surface area contributed by atoms with Crippen molar-refractivity contribution >= 4 is 37.5 Å². The first-order valence-corrected chi connectivity index (χ1v) is 11.4. The zero-order valence-corrected chi connectivity index (χ0v) is 18.4. The highest BCUT2D eigenvalue weighted by molar-refractivity contribution is 9.10. The van der Waals surface area contributed by atoms with Crippen molar-refractivity contribution in [2.24, 2.45) is 0 Å². The molecule has 5 nitrogen and oxygen atoms in total. The van der Waals surface area contributed by atoms with Crippen molar-refractivity contribution in [3.63, 3.8) is 0 Å². The number of hydrogen-bond donors (Lipinski definition) is 1. The van der Waals surface area contributed by atoms with Crippen LogP contribution in [-0.4, -0.2) is 27.1 Å². The molecule has 0 heterocycles. The van der Waals surface area contributed by atoms with Gasteiger partial charge in [0.2, 0.25) is 15.9 Å². The Bertz CT molecular complexity index is 911. The van der Waals surface area contributed by atoms with Crippen LogP contribution in [0.1, 0.15) is 36.1 Å². The molecular formula is C20H25BrN2O3S. The second-order valence-corrected chi connectivity index (χ2v) is 9.40. The van der Waals surface area contributed by atoms with E-state index in [9.17, 15) is 13.2 Å². The van der Waals surface area contributed by atoms with Crippen LogP contribution in [0.5, 0.6) is 0 Å². The first-order valence-electron chi connectivity index (χ1n) is 8.71. The Balaban J connectivity index is 2.20. The molecule has 146 valence electrons. The lowest BCUT2D eigenvalue weighted by Crippen LogP contribution is -2.41. The molecule has 2 aromatic rings. The summed E-state index contributed by atoms with van der Waals surface area (Å²) < 4.78 is 26.5. The van der Waals surface area contributed by atoms with Crippen LogP contribution in [0.4, 0.5) is 5.69 Å². The molecule has 0 saturated carbocycles. The molecule has 1 amide bonds. The predicted octanol–water partition coefficient (Wildman–Crippen LogP) is 4.10. The number of amides is 1. The van der Waals surface area contributed by atoms with Crippen molar-refractivity contribution in [3.8, 4) is 0 Å². The second-order valence-electron chi connectivity index (χ2n) is 6.64. The summed E-state index contributed by atoms with van der Waals surface area (Å²) in [6.45, 7) is 5.60. The Morgan fingerprint density at radius 2 is 1.78 bits per heavy atom. The first-order chi connectivity index (χ1) is 12.6. The molecule has 0 aliphatic heterocycles. The SMILES string of the molecule is CC[C@@H](NC(=O)CN(c1ccc(Br)c(C)c1)S(C)(=O)=O)c1ccc(C)cc1. The zero-order chi connectivity index (χ0) is 20.2. The lowest BCUT2D eigenvalue weighted by Gasteiger charge is -2.24. The number of benzene rings is 2. The van der Waals surface area contributed by atoms with E-state index in [1.807, 2.05) is 45.0 Å². The number of sulfonamides is 1. The minimum Gasteiger partial charge on any atom is -0.348 e. The number of hydrogen-bond acceptors (Lipinski definition) is 3. The average Bonchev–Trinajstić information content (AvgIpc) is 2.60. The molecule has 0 bridgehead atoms. The molecule has 7 heteroatoms. The van der Waals surface area contributed by atoms with Crippen molar-refractivity contribution in [2.75, 3.05) is 17.1 Å². The third kappa shape index (κ3) is 5.81. The highest BCUT2D eigenvalue weighted by Gasteiger charge is 2.23. The van der Waals surface area contributed by atoms with Crippen molar-refractivity contribution < 1.29 is 13.2 Å². The van der Waals surface area contributed by atoms with Gasteiger partial charge in [-0.2, -0.15) is 0 Å². The molecule has 0 aromatic heterocycles. The number of anilines is 1. The first kappa shape index (κ1) is 21.4. The van der Waals surface area contributed by atoms with Gasteiger partial charge in [0.1, 0.15) is 6.54 Å². The monoisotopic (exact) mass is 452 g/mol. The lowest BCUT2D eigenvalue weighted by atomic mass is 10.0. The summed E-state index contributed by atoms with van der Waals surface area (Å²) in [4.78, 5) is 12.6. The molecule has 0 radical (unpaired) electrons. The lowest BCUT2D eigenvalue weighted by molar-refractivity contribution is -0.120. The Kier molecular flexibility index (Phi) is 7.06. The smallest absolute Gasteiger partial charge is 0.241 e. The standard InChI is InChI=1S/C20H25BrN2O3S/c1-5-19(16-8-6-14(2)7-9-16)22-20(24)13-23(27(4,25)26)17-10-11-18(21)15(3)12-17/h6-12,19H,5,13H2,1-4H3,(H,22,24)/t19-/m1/s1. The van der Waals surface area contributed by atoms with Gasteiger partial charge in [-0.15, -0.1) is 0 Å². The number of halogens is 1. The highest BCUT2D eigenvalue weighted by Crippen LogP contribution is 2.25. The molecule has 0 spiro atoms. The Labute approximate surface area is 170 Å². The molecule has 0 saturated heterocycles. The fourth-order valence-electron chi connectivity index (χ4n) is 2.77. The van der Waals surface area contributed by atoms with Crippen LogP contribution in [0.3, 0.4) is 0 Å². The van der Waals surface area contributed by atoms with Crippen LogP contribution < -0.4 is 9.62 Å². The van der Waals surface area contributed by atoms with E-state index < -0.39 is 10.0 Å². The van der Waals surface area contributed by atoms with E-state index in [1.165, 1.54) is 0 Å². The van der Waals surface area contributed by atoms with E-state index in [0.717, 1.165) is 31.7 Å². The molecule has 1 N–H and O–H groups in total. The third-order valence-electron chi connectivity index (χ3n) is 4.34. The summed E-state index contributed by atoms with van der Waals surface area (Å²) in [6, 6.07) is 13.0. The Morgan fingerprint density at radius 3 is 2.30 bits per heavy atom. The molecule has 0 fully saturated rings. The van der Waals surface area contributed by atoms with Crippen LogP contribution in [-0.2, 0) is 14.8 Å². The maximum absolute atomic E-state index is 12.6. The third-order valence-corrected chi connectivity index (χ3v) is 6.37. The van der Waals surface area contributed by atoms with E-state index in [0.29, 0.717) is 12.1 Å². The van der Waals surface area contributed by atoms with Gasteiger partial charge in [0, 0.05) is 4.47 Å².